The van der Waals surface area contributed by atoms with Crippen molar-refractivity contribution in [2.45, 2.75) is 33.3 Å². The summed E-state index contributed by atoms with van der Waals surface area (Å²) in [5, 5.41) is 4.94. The second kappa shape index (κ2) is 6.31. The van der Waals surface area contributed by atoms with Crippen molar-refractivity contribution in [3.63, 3.8) is 0 Å². The minimum Gasteiger partial charge on any atom is -0.460 e. The third-order valence-electron chi connectivity index (χ3n) is 3.68. The number of hydrogen-bond acceptors (Lipinski definition) is 3. The van der Waals surface area contributed by atoms with Gasteiger partial charge >= 0.3 is 5.97 Å². The molecular weight excluding hydrogens is 288 g/mol. The predicted molar refractivity (Wildman–Crippen MR) is 82.3 cm³/mol. The van der Waals surface area contributed by atoms with Crippen molar-refractivity contribution in [2.24, 2.45) is 7.05 Å². The van der Waals surface area contributed by atoms with E-state index in [4.69, 9.17) is 16.3 Å². The van der Waals surface area contributed by atoms with E-state index in [2.05, 4.69) is 5.10 Å². The number of hydrogen-bond donors (Lipinski definition) is 0. The number of rotatable bonds is 4. The zero-order valence-electron chi connectivity index (χ0n) is 12.7. The first-order valence-corrected chi connectivity index (χ1v) is 7.19. The van der Waals surface area contributed by atoms with E-state index in [0.29, 0.717) is 5.02 Å². The number of halogens is 1. The first-order valence-electron chi connectivity index (χ1n) is 6.82. The van der Waals surface area contributed by atoms with E-state index in [1.54, 1.807) is 10.7 Å². The second-order valence-electron chi connectivity index (χ2n) is 5.13. The van der Waals surface area contributed by atoms with E-state index in [-0.39, 0.29) is 18.5 Å². The molecule has 0 fully saturated rings. The summed E-state index contributed by atoms with van der Waals surface area (Å²) in [7, 11) is 1.87. The first-order chi connectivity index (χ1) is 9.91. The van der Waals surface area contributed by atoms with E-state index in [1.165, 1.54) is 0 Å². The number of carbonyl (C=O) groups is 1. The number of nitrogens with zero attached hydrogens (tertiary/aromatic N) is 2. The van der Waals surface area contributed by atoms with Crippen molar-refractivity contribution < 1.29 is 9.53 Å². The number of aryl methyl sites for hydroxylation is 2. The first kappa shape index (κ1) is 15.6. The molecule has 0 radical (unpaired) electrons. The highest BCUT2D eigenvalue weighted by Crippen LogP contribution is 2.25. The average Bonchev–Trinajstić information content (AvgIpc) is 2.70. The van der Waals surface area contributed by atoms with Gasteiger partial charge in [-0.25, -0.2) is 0 Å². The Kier molecular flexibility index (Phi) is 4.68. The van der Waals surface area contributed by atoms with Crippen LogP contribution in [0, 0.1) is 13.8 Å². The number of ether oxygens (including phenoxy) is 1. The molecule has 5 heteroatoms. The van der Waals surface area contributed by atoms with Gasteiger partial charge in [-0.15, -0.1) is 0 Å². The summed E-state index contributed by atoms with van der Waals surface area (Å²) in [5.74, 6) is -0.615. The molecule has 4 nitrogen and oxygen atoms in total. The molecule has 0 bridgehead atoms. The van der Waals surface area contributed by atoms with Gasteiger partial charge in [0.05, 0.1) is 11.6 Å². The lowest BCUT2D eigenvalue weighted by atomic mass is 9.99. The molecule has 1 heterocycles. The van der Waals surface area contributed by atoms with E-state index >= 15 is 0 Å². The summed E-state index contributed by atoms with van der Waals surface area (Å²) >= 11 is 6.05. The van der Waals surface area contributed by atoms with Gasteiger partial charge < -0.3 is 4.74 Å². The summed E-state index contributed by atoms with van der Waals surface area (Å²) in [5.41, 5.74) is 3.58. The van der Waals surface area contributed by atoms with Gasteiger partial charge in [-0.3, -0.25) is 9.48 Å². The normalized spacial score (nSPS) is 12.2. The minimum absolute atomic E-state index is 0.182. The molecule has 0 N–H and O–H groups in total. The summed E-state index contributed by atoms with van der Waals surface area (Å²) in [6.07, 6.45) is 0. The van der Waals surface area contributed by atoms with Crippen molar-refractivity contribution in [3.8, 4) is 0 Å². The second-order valence-corrected chi connectivity index (χ2v) is 5.54. The van der Waals surface area contributed by atoms with Crippen LogP contribution in [-0.4, -0.2) is 15.7 Å². The topological polar surface area (TPSA) is 44.1 Å². The molecule has 0 spiro atoms. The highest BCUT2D eigenvalue weighted by Gasteiger charge is 2.24. The summed E-state index contributed by atoms with van der Waals surface area (Å²) in [6.45, 7) is 5.88. The monoisotopic (exact) mass is 306 g/mol. The molecule has 1 aromatic carbocycles. The lowest BCUT2D eigenvalue weighted by molar-refractivity contribution is -0.146. The van der Waals surface area contributed by atoms with Crippen LogP contribution in [-0.2, 0) is 23.2 Å². The molecule has 0 aliphatic rings. The Morgan fingerprint density at radius 3 is 2.62 bits per heavy atom. The van der Waals surface area contributed by atoms with Crippen molar-refractivity contribution in [1.82, 2.24) is 9.78 Å². The Morgan fingerprint density at radius 1 is 1.38 bits per heavy atom. The van der Waals surface area contributed by atoms with Gasteiger partial charge in [-0.1, -0.05) is 29.8 Å². The van der Waals surface area contributed by atoms with Crippen molar-refractivity contribution in [2.75, 3.05) is 0 Å². The smallest absolute Gasteiger partial charge is 0.313 e. The molecule has 0 saturated carbocycles. The molecule has 0 aliphatic heterocycles. The van der Waals surface area contributed by atoms with Crippen LogP contribution in [0.4, 0.5) is 0 Å². The van der Waals surface area contributed by atoms with E-state index < -0.39 is 0 Å². The van der Waals surface area contributed by atoms with E-state index in [9.17, 15) is 4.79 Å². The van der Waals surface area contributed by atoms with Crippen LogP contribution < -0.4 is 0 Å². The fraction of sp³-hybridized carbons (Fsp3) is 0.375. The molecule has 2 aromatic rings. The standard InChI is InChI=1S/C16H19ClN2O2/c1-10(15-11(2)18-19(4)12(15)3)16(20)21-9-13-7-5-6-8-14(13)17/h5-8,10H,9H2,1-4H3/t10-/m0/s1. The zero-order valence-corrected chi connectivity index (χ0v) is 13.4. The molecule has 1 aromatic heterocycles. The molecule has 112 valence electrons. The number of carbonyl (C=O) groups excluding carboxylic acids is 1. The van der Waals surface area contributed by atoms with Gasteiger partial charge in [-0.05, 0) is 26.8 Å². The number of esters is 1. The number of benzene rings is 1. The van der Waals surface area contributed by atoms with Gasteiger partial charge in [0.15, 0.2) is 0 Å². The molecule has 0 amide bonds. The Bertz CT molecular complexity index is 664. The summed E-state index contributed by atoms with van der Waals surface area (Å²) in [6, 6.07) is 7.34. The average molecular weight is 307 g/mol. The minimum atomic E-state index is -0.346. The fourth-order valence-corrected chi connectivity index (χ4v) is 2.61. The molecule has 0 saturated heterocycles. The third-order valence-corrected chi connectivity index (χ3v) is 4.05. The SMILES string of the molecule is Cc1nn(C)c(C)c1[C@H](C)C(=O)OCc1ccccc1Cl. The Hall–Kier alpha value is -1.81. The van der Waals surface area contributed by atoms with Gasteiger partial charge in [-0.2, -0.15) is 5.10 Å². The lowest BCUT2D eigenvalue weighted by Gasteiger charge is -2.13. The van der Waals surface area contributed by atoms with Crippen molar-refractivity contribution in [3.05, 3.63) is 51.8 Å². The van der Waals surface area contributed by atoms with E-state index in [1.807, 2.05) is 46.0 Å². The van der Waals surface area contributed by atoms with Gasteiger partial charge in [0.2, 0.25) is 0 Å². The molecule has 0 unspecified atom stereocenters. The van der Waals surface area contributed by atoms with Crippen molar-refractivity contribution in [1.29, 1.82) is 0 Å². The fourth-order valence-electron chi connectivity index (χ4n) is 2.42. The summed E-state index contributed by atoms with van der Waals surface area (Å²) < 4.78 is 7.16. The Morgan fingerprint density at radius 2 is 2.05 bits per heavy atom. The van der Waals surface area contributed by atoms with Gasteiger partial charge in [0, 0.05) is 28.9 Å². The van der Waals surface area contributed by atoms with Crippen LogP contribution in [0.2, 0.25) is 5.02 Å². The maximum absolute atomic E-state index is 12.2. The Labute approximate surface area is 129 Å². The number of aromatic nitrogens is 2. The molecule has 0 aliphatic carbocycles. The van der Waals surface area contributed by atoms with Crippen LogP contribution in [0.5, 0.6) is 0 Å². The van der Waals surface area contributed by atoms with Crippen LogP contribution >= 0.6 is 11.6 Å². The van der Waals surface area contributed by atoms with Gasteiger partial charge in [0.25, 0.3) is 0 Å². The quantitative estimate of drug-likeness (QED) is 0.812. The highest BCUT2D eigenvalue weighted by atomic mass is 35.5. The van der Waals surface area contributed by atoms with Gasteiger partial charge in [0.1, 0.15) is 6.61 Å². The van der Waals surface area contributed by atoms with Crippen LogP contribution in [0.1, 0.15) is 35.4 Å². The summed E-state index contributed by atoms with van der Waals surface area (Å²) in [4.78, 5) is 12.2. The van der Waals surface area contributed by atoms with Crippen LogP contribution in [0.3, 0.4) is 0 Å². The maximum atomic E-state index is 12.2. The molecule has 2 rings (SSSR count). The largest absolute Gasteiger partial charge is 0.460 e. The Balaban J connectivity index is 2.08. The van der Waals surface area contributed by atoms with E-state index in [0.717, 1.165) is 22.5 Å². The molecule has 21 heavy (non-hydrogen) atoms. The lowest BCUT2D eigenvalue weighted by Crippen LogP contribution is -2.14. The van der Waals surface area contributed by atoms with Crippen LogP contribution in [0.15, 0.2) is 24.3 Å². The zero-order chi connectivity index (χ0) is 15.6. The third kappa shape index (κ3) is 3.27. The van der Waals surface area contributed by atoms with Crippen LogP contribution in [0.25, 0.3) is 0 Å². The van der Waals surface area contributed by atoms with Crippen molar-refractivity contribution >= 4 is 17.6 Å². The molecular formula is C16H19ClN2O2. The predicted octanol–water partition coefficient (Wildman–Crippen LogP) is 3.54. The highest BCUT2D eigenvalue weighted by molar-refractivity contribution is 6.31. The molecule has 1 atom stereocenters. The maximum Gasteiger partial charge on any atom is 0.313 e.